The normalized spacial score (nSPS) is 23.4. The second kappa shape index (κ2) is 2.90. The molecule has 0 saturated carbocycles. The summed E-state index contributed by atoms with van der Waals surface area (Å²) in [5.41, 5.74) is 5.45. The fraction of sp³-hybridized carbons (Fsp3) is 0.714. The number of rotatable bonds is 1. The van der Waals surface area contributed by atoms with Crippen LogP contribution in [0.4, 0.5) is 11.1 Å². The molecular weight excluding hydrogens is 172 g/mol. The van der Waals surface area contributed by atoms with Gasteiger partial charge in [0.15, 0.2) is 0 Å². The van der Waals surface area contributed by atoms with Crippen LogP contribution in [0.3, 0.4) is 0 Å². The molecule has 2 N–H and O–H groups in total. The van der Waals surface area contributed by atoms with Gasteiger partial charge in [0.2, 0.25) is 11.1 Å². The smallest absolute Gasteiger partial charge is 0.233 e. The zero-order valence-electron chi connectivity index (χ0n) is 7.03. The molecule has 2 heterocycles. The zero-order valence-corrected chi connectivity index (χ0v) is 7.84. The summed E-state index contributed by atoms with van der Waals surface area (Å²) >= 11 is 1.39. The highest BCUT2D eigenvalue weighted by Crippen LogP contribution is 2.26. The van der Waals surface area contributed by atoms with E-state index >= 15 is 0 Å². The minimum absolute atomic E-state index is 0.397. The van der Waals surface area contributed by atoms with Crippen molar-refractivity contribution in [3.63, 3.8) is 0 Å². The molecule has 66 valence electrons. The van der Waals surface area contributed by atoms with E-state index in [1.165, 1.54) is 24.4 Å². The van der Waals surface area contributed by atoms with Crippen molar-refractivity contribution in [1.29, 1.82) is 0 Å². The van der Waals surface area contributed by atoms with Gasteiger partial charge >= 0.3 is 0 Å². The Bertz CT molecular complexity index is 272. The Morgan fingerprint density at radius 1 is 1.67 bits per heavy atom. The number of anilines is 2. The van der Waals surface area contributed by atoms with Crippen molar-refractivity contribution in [2.45, 2.75) is 25.8 Å². The molecule has 0 aromatic carbocycles. The number of aromatic nitrogens is 2. The molecule has 4 nitrogen and oxygen atoms in total. The third-order valence-electron chi connectivity index (χ3n) is 2.23. The largest absolute Gasteiger partial charge is 0.367 e. The van der Waals surface area contributed by atoms with Crippen LogP contribution in [0.15, 0.2) is 0 Å². The average Bonchev–Trinajstić information content (AvgIpc) is 2.58. The maximum Gasteiger partial charge on any atom is 0.233 e. The van der Waals surface area contributed by atoms with E-state index in [-0.39, 0.29) is 0 Å². The van der Waals surface area contributed by atoms with Crippen LogP contribution in [0.2, 0.25) is 0 Å². The van der Waals surface area contributed by atoms with Crippen LogP contribution in [-0.4, -0.2) is 21.9 Å². The quantitative estimate of drug-likeness (QED) is 0.710. The highest BCUT2D eigenvalue weighted by Gasteiger charge is 2.22. The van der Waals surface area contributed by atoms with Gasteiger partial charge in [0.25, 0.3) is 0 Å². The van der Waals surface area contributed by atoms with E-state index in [0.717, 1.165) is 11.7 Å². The lowest BCUT2D eigenvalue weighted by Crippen LogP contribution is -2.25. The first kappa shape index (κ1) is 7.79. The SMILES string of the molecule is CC1CCCN1c1nc(N)ns1. The van der Waals surface area contributed by atoms with Crippen LogP contribution in [0.25, 0.3) is 0 Å². The molecule has 0 radical (unpaired) electrons. The number of hydrogen-bond acceptors (Lipinski definition) is 5. The molecule has 1 aliphatic rings. The minimum Gasteiger partial charge on any atom is -0.367 e. The molecule has 0 aliphatic carbocycles. The molecular formula is C7H12N4S. The molecule has 1 atom stereocenters. The van der Waals surface area contributed by atoms with Crippen molar-refractivity contribution in [3.8, 4) is 0 Å². The molecule has 0 amide bonds. The van der Waals surface area contributed by atoms with E-state index in [2.05, 4.69) is 21.2 Å². The summed E-state index contributed by atoms with van der Waals surface area (Å²) in [7, 11) is 0. The van der Waals surface area contributed by atoms with E-state index < -0.39 is 0 Å². The number of nitrogens with zero attached hydrogens (tertiary/aromatic N) is 3. The van der Waals surface area contributed by atoms with Gasteiger partial charge in [-0.25, -0.2) is 0 Å². The first-order chi connectivity index (χ1) is 5.77. The Labute approximate surface area is 75.6 Å². The molecule has 1 aliphatic heterocycles. The Morgan fingerprint density at radius 3 is 3.00 bits per heavy atom. The highest BCUT2D eigenvalue weighted by atomic mass is 32.1. The molecule has 0 spiro atoms. The van der Waals surface area contributed by atoms with E-state index in [1.807, 2.05) is 0 Å². The molecule has 1 unspecified atom stereocenters. The minimum atomic E-state index is 0.397. The molecule has 1 fully saturated rings. The number of nitrogen functional groups attached to an aromatic ring is 1. The molecule has 5 heteroatoms. The monoisotopic (exact) mass is 184 g/mol. The van der Waals surface area contributed by atoms with Crippen LogP contribution in [0.1, 0.15) is 19.8 Å². The van der Waals surface area contributed by atoms with E-state index in [4.69, 9.17) is 5.73 Å². The maximum absolute atomic E-state index is 5.45. The van der Waals surface area contributed by atoms with Gasteiger partial charge in [0.1, 0.15) is 0 Å². The van der Waals surface area contributed by atoms with Crippen molar-refractivity contribution in [3.05, 3.63) is 0 Å². The number of nitrogens with two attached hydrogens (primary N) is 1. The first-order valence-electron chi connectivity index (χ1n) is 4.13. The van der Waals surface area contributed by atoms with Crippen molar-refractivity contribution in [2.75, 3.05) is 17.2 Å². The summed E-state index contributed by atoms with van der Waals surface area (Å²) in [5.74, 6) is 0.397. The molecule has 1 saturated heterocycles. The lowest BCUT2D eigenvalue weighted by atomic mass is 10.2. The van der Waals surface area contributed by atoms with Gasteiger partial charge < -0.3 is 10.6 Å². The van der Waals surface area contributed by atoms with Crippen LogP contribution in [-0.2, 0) is 0 Å². The highest BCUT2D eigenvalue weighted by molar-refractivity contribution is 7.09. The lowest BCUT2D eigenvalue weighted by molar-refractivity contribution is 0.733. The van der Waals surface area contributed by atoms with E-state index in [0.29, 0.717) is 12.0 Å². The summed E-state index contributed by atoms with van der Waals surface area (Å²) in [6.07, 6.45) is 2.50. The van der Waals surface area contributed by atoms with Crippen LogP contribution in [0, 0.1) is 0 Å². The summed E-state index contributed by atoms with van der Waals surface area (Å²) in [6.45, 7) is 3.31. The first-order valence-corrected chi connectivity index (χ1v) is 4.90. The molecule has 1 aromatic heterocycles. The molecule has 12 heavy (non-hydrogen) atoms. The summed E-state index contributed by atoms with van der Waals surface area (Å²) in [6, 6.07) is 0.595. The van der Waals surface area contributed by atoms with Gasteiger partial charge in [0, 0.05) is 24.1 Å². The third kappa shape index (κ3) is 1.24. The van der Waals surface area contributed by atoms with Gasteiger partial charge in [-0.05, 0) is 19.8 Å². The van der Waals surface area contributed by atoms with Crippen molar-refractivity contribution in [1.82, 2.24) is 9.36 Å². The predicted octanol–water partition coefficient (Wildman–Crippen LogP) is 1.11. The van der Waals surface area contributed by atoms with Gasteiger partial charge in [-0.3, -0.25) is 0 Å². The third-order valence-corrected chi connectivity index (χ3v) is 3.00. The van der Waals surface area contributed by atoms with Crippen molar-refractivity contribution >= 4 is 22.6 Å². The van der Waals surface area contributed by atoms with Crippen LogP contribution in [0.5, 0.6) is 0 Å². The zero-order chi connectivity index (χ0) is 8.55. The van der Waals surface area contributed by atoms with E-state index in [1.54, 1.807) is 0 Å². The summed E-state index contributed by atoms with van der Waals surface area (Å²) in [5, 5.41) is 0.970. The van der Waals surface area contributed by atoms with Gasteiger partial charge in [-0.1, -0.05) is 0 Å². The fourth-order valence-corrected chi connectivity index (χ4v) is 2.29. The Balaban J connectivity index is 2.19. The van der Waals surface area contributed by atoms with Crippen LogP contribution < -0.4 is 10.6 Å². The lowest BCUT2D eigenvalue weighted by Gasteiger charge is -2.18. The Morgan fingerprint density at radius 2 is 2.50 bits per heavy atom. The van der Waals surface area contributed by atoms with Gasteiger partial charge in [-0.15, -0.1) is 0 Å². The Hall–Kier alpha value is -0.840. The van der Waals surface area contributed by atoms with Gasteiger partial charge in [0.05, 0.1) is 0 Å². The fourth-order valence-electron chi connectivity index (χ4n) is 1.56. The second-order valence-electron chi connectivity index (χ2n) is 3.12. The second-order valence-corrected chi connectivity index (χ2v) is 3.85. The molecule has 2 rings (SSSR count). The molecule has 1 aromatic rings. The average molecular weight is 184 g/mol. The van der Waals surface area contributed by atoms with Crippen molar-refractivity contribution in [2.24, 2.45) is 0 Å². The summed E-state index contributed by atoms with van der Waals surface area (Å²) < 4.78 is 3.96. The van der Waals surface area contributed by atoms with Gasteiger partial charge in [-0.2, -0.15) is 9.36 Å². The van der Waals surface area contributed by atoms with Crippen LogP contribution >= 0.6 is 11.5 Å². The maximum atomic E-state index is 5.45. The van der Waals surface area contributed by atoms with E-state index in [9.17, 15) is 0 Å². The van der Waals surface area contributed by atoms with Crippen molar-refractivity contribution < 1.29 is 0 Å². The molecule has 0 bridgehead atoms. The Kier molecular flexibility index (Phi) is 1.88. The predicted molar refractivity (Wildman–Crippen MR) is 50.4 cm³/mol. The standard InChI is InChI=1S/C7H12N4S/c1-5-3-2-4-11(5)7-9-6(8)10-12-7/h5H,2-4H2,1H3,(H2,8,10). The topological polar surface area (TPSA) is 55.0 Å². The number of hydrogen-bond donors (Lipinski definition) is 1. The summed E-state index contributed by atoms with van der Waals surface area (Å²) in [4.78, 5) is 6.43.